The number of unbranched alkanes of at least 4 members (excludes halogenated alkanes) is 1. The van der Waals surface area contributed by atoms with Gasteiger partial charge in [0.15, 0.2) is 5.78 Å². The van der Waals surface area contributed by atoms with Crippen molar-refractivity contribution in [2.45, 2.75) is 111 Å². The first kappa shape index (κ1) is 34.4. The van der Waals surface area contributed by atoms with Gasteiger partial charge in [-0.1, -0.05) is 83.0 Å². The highest BCUT2D eigenvalue weighted by Gasteiger charge is 2.68. The van der Waals surface area contributed by atoms with Crippen LogP contribution in [0.15, 0.2) is 48.5 Å². The molecule has 3 saturated carbocycles. The summed E-state index contributed by atoms with van der Waals surface area (Å²) in [7, 11) is -0.564. The summed E-state index contributed by atoms with van der Waals surface area (Å²) in [5.41, 5.74) is 3.17. The van der Waals surface area contributed by atoms with Gasteiger partial charge in [0.25, 0.3) is 5.91 Å². The van der Waals surface area contributed by atoms with Crippen LogP contribution in [-0.4, -0.2) is 48.9 Å². The molecule has 4 aliphatic rings. The van der Waals surface area contributed by atoms with E-state index in [4.69, 9.17) is 9.31 Å². The van der Waals surface area contributed by atoms with Crippen LogP contribution in [0.4, 0.5) is 0 Å². The molecule has 248 valence electrons. The average Bonchev–Trinajstić information content (AvgIpc) is 3.39. The van der Waals surface area contributed by atoms with Gasteiger partial charge in [0.2, 0.25) is 5.91 Å². The van der Waals surface area contributed by atoms with Crippen LogP contribution < -0.4 is 10.6 Å². The Balaban J connectivity index is 1.31. The molecular formula is C38H53BN2O5. The van der Waals surface area contributed by atoms with Gasteiger partial charge >= 0.3 is 7.12 Å². The Morgan fingerprint density at radius 2 is 1.65 bits per heavy atom. The van der Waals surface area contributed by atoms with E-state index in [9.17, 15) is 14.4 Å². The van der Waals surface area contributed by atoms with Crippen molar-refractivity contribution >= 4 is 24.7 Å². The zero-order chi connectivity index (χ0) is 33.2. The Bertz CT molecular complexity index is 1390. The lowest BCUT2D eigenvalue weighted by Crippen LogP contribution is -2.65. The summed E-state index contributed by atoms with van der Waals surface area (Å²) in [5, 5.41) is 6.16. The lowest BCUT2D eigenvalue weighted by Gasteiger charge is -2.64. The van der Waals surface area contributed by atoms with E-state index >= 15 is 0 Å². The molecule has 2 bridgehead atoms. The highest BCUT2D eigenvalue weighted by molar-refractivity contribution is 6.47. The molecule has 0 unspecified atom stereocenters. The lowest BCUT2D eigenvalue weighted by atomic mass is 9.43. The third-order valence-electron chi connectivity index (χ3n) is 11.1. The molecule has 8 heteroatoms. The minimum Gasteiger partial charge on any atom is -0.404 e. The molecule has 2 N–H and O–H groups in total. The van der Waals surface area contributed by atoms with Gasteiger partial charge in [-0.05, 0) is 86.8 Å². The van der Waals surface area contributed by atoms with Gasteiger partial charge in [-0.15, -0.1) is 0 Å². The number of hydrogen-bond donors (Lipinski definition) is 2. The van der Waals surface area contributed by atoms with E-state index in [1.54, 1.807) is 12.1 Å². The van der Waals surface area contributed by atoms with Crippen LogP contribution in [0.1, 0.15) is 112 Å². The zero-order valence-electron chi connectivity index (χ0n) is 28.9. The Morgan fingerprint density at radius 3 is 2.28 bits per heavy atom. The molecule has 4 fully saturated rings. The van der Waals surface area contributed by atoms with Crippen LogP contribution in [0.2, 0.25) is 0 Å². The van der Waals surface area contributed by atoms with Crippen molar-refractivity contribution < 1.29 is 23.7 Å². The first-order chi connectivity index (χ1) is 21.8. The van der Waals surface area contributed by atoms with Crippen molar-refractivity contribution in [2.75, 3.05) is 6.54 Å². The molecule has 6 atom stereocenters. The molecule has 7 nitrogen and oxygen atoms in total. The van der Waals surface area contributed by atoms with E-state index in [0.29, 0.717) is 29.4 Å². The van der Waals surface area contributed by atoms with Crippen molar-refractivity contribution in [3.63, 3.8) is 0 Å². The molecular weight excluding hydrogens is 575 g/mol. The van der Waals surface area contributed by atoms with Crippen molar-refractivity contribution in [3.8, 4) is 0 Å². The summed E-state index contributed by atoms with van der Waals surface area (Å²) in [6.45, 7) is 15.3. The van der Waals surface area contributed by atoms with Crippen molar-refractivity contribution in [1.82, 2.24) is 10.6 Å². The third-order valence-corrected chi connectivity index (χ3v) is 11.1. The fraction of sp³-hybridized carbons (Fsp3) is 0.605. The number of aryl methyl sites for hydroxylation is 2. The van der Waals surface area contributed by atoms with E-state index in [1.165, 1.54) is 5.56 Å². The summed E-state index contributed by atoms with van der Waals surface area (Å²) in [6, 6.07) is 15.0. The molecule has 2 amide bonds. The van der Waals surface area contributed by atoms with E-state index in [1.807, 2.05) is 43.3 Å². The maximum Gasteiger partial charge on any atom is 0.481 e. The molecule has 46 heavy (non-hydrogen) atoms. The normalized spacial score (nSPS) is 25.7. The van der Waals surface area contributed by atoms with Gasteiger partial charge in [0.05, 0.1) is 23.6 Å². The van der Waals surface area contributed by atoms with E-state index in [-0.39, 0.29) is 59.5 Å². The fourth-order valence-electron chi connectivity index (χ4n) is 7.98. The molecule has 0 spiro atoms. The molecule has 1 aliphatic heterocycles. The second-order valence-corrected chi connectivity index (χ2v) is 15.3. The van der Waals surface area contributed by atoms with Crippen molar-refractivity contribution in [3.05, 3.63) is 70.8 Å². The fourth-order valence-corrected chi connectivity index (χ4v) is 7.98. The molecule has 0 aromatic heterocycles. The van der Waals surface area contributed by atoms with Crippen LogP contribution in [0, 0.1) is 36.0 Å². The zero-order valence-corrected chi connectivity index (χ0v) is 28.9. The van der Waals surface area contributed by atoms with E-state index < -0.39 is 13.0 Å². The topological polar surface area (TPSA) is 93.7 Å². The predicted molar refractivity (Wildman–Crippen MR) is 183 cm³/mol. The maximum atomic E-state index is 14.1. The number of amides is 2. The summed E-state index contributed by atoms with van der Waals surface area (Å²) < 4.78 is 13.4. The second kappa shape index (κ2) is 14.0. The van der Waals surface area contributed by atoms with Gasteiger partial charge in [-0.2, -0.15) is 0 Å². The number of carbonyl (C=O) groups excluding carboxylic acids is 3. The number of benzene rings is 2. The van der Waals surface area contributed by atoms with Crippen LogP contribution >= 0.6 is 0 Å². The van der Waals surface area contributed by atoms with E-state index in [2.05, 4.69) is 52.2 Å². The SMILES string of the molecule is CCCCc1ccc(C(=O)C[C@@H](CNC(=O)c2ccc(C)cc2)C(=O)N[C@@H](CC(C)C)B2O[C@@H]3C[C@@H]4C[C@@H](C4(C)C)[C@]3(C)O2)cc1. The third kappa shape index (κ3) is 7.28. The number of nitrogens with one attached hydrogen (secondary N) is 2. The minimum absolute atomic E-state index is 0.00677. The van der Waals surface area contributed by atoms with Crippen molar-refractivity contribution in [2.24, 2.45) is 29.1 Å². The van der Waals surface area contributed by atoms with Gasteiger partial charge in [0.1, 0.15) is 0 Å². The molecule has 0 radical (unpaired) electrons. The summed E-state index contributed by atoms with van der Waals surface area (Å²) in [6.07, 6.45) is 5.97. The Hall–Kier alpha value is -2.97. The summed E-state index contributed by atoms with van der Waals surface area (Å²) in [4.78, 5) is 40.6. The molecule has 6 rings (SSSR count). The molecule has 1 saturated heterocycles. The smallest absolute Gasteiger partial charge is 0.404 e. The molecule has 2 aromatic carbocycles. The number of rotatable bonds is 14. The second-order valence-electron chi connectivity index (χ2n) is 15.3. The largest absolute Gasteiger partial charge is 0.481 e. The Labute approximate surface area is 276 Å². The summed E-state index contributed by atoms with van der Waals surface area (Å²) >= 11 is 0. The Kier molecular flexibility index (Phi) is 10.5. The summed E-state index contributed by atoms with van der Waals surface area (Å²) in [5.74, 6) is -0.485. The standard InChI is InChI=1S/C38H53BN2O5/c1-8-9-10-26-13-17-27(18-14-26)31(42)20-29(23-40-35(43)28-15-11-25(4)12-16-28)36(44)41-34(19-24(2)3)39-45-33-22-30-21-32(37(30,5)6)38(33,7)46-39/h11-18,24,29-30,32-34H,8-10,19-23H2,1-7H3,(H,40,43)(H,41,44)/t29-,30-,32-,33+,34-,38-/m0/s1. The van der Waals surface area contributed by atoms with E-state index in [0.717, 1.165) is 37.7 Å². The monoisotopic (exact) mass is 628 g/mol. The first-order valence-electron chi connectivity index (χ1n) is 17.4. The number of ketones is 1. The van der Waals surface area contributed by atoms with Crippen LogP contribution in [0.3, 0.4) is 0 Å². The van der Waals surface area contributed by atoms with Gasteiger partial charge < -0.3 is 19.9 Å². The molecule has 1 heterocycles. The molecule has 3 aliphatic carbocycles. The van der Waals surface area contributed by atoms with Crippen LogP contribution in [0.25, 0.3) is 0 Å². The highest BCUT2D eigenvalue weighted by Crippen LogP contribution is 2.65. The number of hydrogen-bond acceptors (Lipinski definition) is 5. The van der Waals surface area contributed by atoms with Gasteiger partial charge in [-0.3, -0.25) is 14.4 Å². The van der Waals surface area contributed by atoms with Crippen LogP contribution in [0.5, 0.6) is 0 Å². The molecule has 2 aromatic rings. The predicted octanol–water partition coefficient (Wildman–Crippen LogP) is 6.76. The van der Waals surface area contributed by atoms with Crippen LogP contribution in [-0.2, 0) is 20.5 Å². The average molecular weight is 629 g/mol. The first-order valence-corrected chi connectivity index (χ1v) is 17.4. The quantitative estimate of drug-likeness (QED) is 0.178. The Morgan fingerprint density at radius 1 is 0.978 bits per heavy atom. The maximum absolute atomic E-state index is 14.1. The van der Waals surface area contributed by atoms with Crippen molar-refractivity contribution in [1.29, 1.82) is 0 Å². The number of Topliss-reactive ketones (excluding diaryl/α,β-unsaturated/α-hetero) is 1. The highest BCUT2D eigenvalue weighted by atomic mass is 16.7. The minimum atomic E-state index is -0.762. The van der Waals surface area contributed by atoms with Gasteiger partial charge in [-0.25, -0.2) is 0 Å². The van der Waals surface area contributed by atoms with Gasteiger partial charge in [0, 0.05) is 24.1 Å². The number of carbonyl (C=O) groups is 3. The lowest BCUT2D eigenvalue weighted by molar-refractivity contribution is -0.199.